The fraction of sp³-hybridized carbons (Fsp3) is 0.900. The second-order valence-corrected chi connectivity index (χ2v) is 6.74. The summed E-state index contributed by atoms with van der Waals surface area (Å²) >= 11 is 4.57. The smallest absolute Gasteiger partial charge is 0.218 e. The normalized spacial score (nSPS) is 17.8. The molecule has 0 aromatic rings. The van der Waals surface area contributed by atoms with Crippen molar-refractivity contribution in [3.63, 3.8) is 0 Å². The van der Waals surface area contributed by atoms with Gasteiger partial charge in [0.25, 0.3) is 0 Å². The van der Waals surface area contributed by atoms with E-state index in [9.17, 15) is 8.42 Å². The maximum atomic E-state index is 11.4. The average Bonchev–Trinajstić information content (AvgIpc) is 2.62. The van der Waals surface area contributed by atoms with Crippen LogP contribution in [0.1, 0.15) is 38.5 Å². The third kappa shape index (κ3) is 5.77. The molecule has 0 heterocycles. The van der Waals surface area contributed by atoms with Gasteiger partial charge in [-0.25, -0.2) is 13.1 Å². The van der Waals surface area contributed by atoms with Gasteiger partial charge >= 0.3 is 0 Å². The molecule has 1 aliphatic rings. The second-order valence-electron chi connectivity index (χ2n) is 4.41. The minimum Gasteiger partial charge on any atom is -0.392 e. The largest absolute Gasteiger partial charge is 0.392 e. The van der Waals surface area contributed by atoms with Gasteiger partial charge < -0.3 is 5.73 Å². The van der Waals surface area contributed by atoms with E-state index in [1.165, 1.54) is 25.7 Å². The molecule has 94 valence electrons. The van der Waals surface area contributed by atoms with E-state index in [1.807, 2.05) is 0 Å². The summed E-state index contributed by atoms with van der Waals surface area (Å²) < 4.78 is 25.2. The van der Waals surface area contributed by atoms with Gasteiger partial charge in [0.2, 0.25) is 10.0 Å². The van der Waals surface area contributed by atoms with Crippen LogP contribution in [0.15, 0.2) is 0 Å². The minimum absolute atomic E-state index is 0.0169. The summed E-state index contributed by atoms with van der Waals surface area (Å²) in [7, 11) is -3.29. The van der Waals surface area contributed by atoms with Crippen molar-refractivity contribution in [3.05, 3.63) is 0 Å². The van der Waals surface area contributed by atoms with Crippen molar-refractivity contribution < 1.29 is 8.42 Å². The Morgan fingerprint density at radius 3 is 2.56 bits per heavy atom. The van der Waals surface area contributed by atoms with Gasteiger partial charge in [-0.05, 0) is 18.8 Å². The van der Waals surface area contributed by atoms with E-state index >= 15 is 0 Å². The van der Waals surface area contributed by atoms with Crippen LogP contribution >= 0.6 is 12.2 Å². The summed E-state index contributed by atoms with van der Waals surface area (Å²) in [5.41, 5.74) is 5.19. The highest BCUT2D eigenvalue weighted by atomic mass is 32.2. The monoisotopic (exact) mass is 264 g/mol. The van der Waals surface area contributed by atoms with Crippen LogP contribution in [0.2, 0.25) is 0 Å². The summed E-state index contributed by atoms with van der Waals surface area (Å²) in [5.74, 6) is 0.561. The summed E-state index contributed by atoms with van der Waals surface area (Å²) in [6.45, 7) is 0.501. The number of thiocarbonyl (C=S) groups is 1. The first-order valence-corrected chi connectivity index (χ1v) is 7.81. The van der Waals surface area contributed by atoms with Crippen LogP contribution in [0, 0.1) is 5.92 Å². The highest BCUT2D eigenvalue weighted by Crippen LogP contribution is 2.28. The van der Waals surface area contributed by atoms with Crippen molar-refractivity contribution in [2.45, 2.75) is 38.5 Å². The molecule has 0 unspecified atom stereocenters. The first kappa shape index (κ1) is 13.9. The van der Waals surface area contributed by atoms with E-state index < -0.39 is 10.0 Å². The first-order chi connectivity index (χ1) is 7.49. The SMILES string of the molecule is NC(=S)CS(=O)(=O)NCCCC1CCCC1. The number of hydrogen-bond acceptors (Lipinski definition) is 3. The Labute approximate surface area is 103 Å². The second kappa shape index (κ2) is 6.51. The molecule has 1 rings (SSSR count). The van der Waals surface area contributed by atoms with Crippen molar-refractivity contribution >= 4 is 27.2 Å². The van der Waals surface area contributed by atoms with E-state index in [0.717, 1.165) is 18.8 Å². The molecule has 1 aliphatic carbocycles. The molecule has 0 radical (unpaired) electrons. The number of rotatable bonds is 7. The molecule has 0 aromatic heterocycles. The Morgan fingerprint density at radius 2 is 2.00 bits per heavy atom. The predicted octanol–water partition coefficient (Wildman–Crippen LogP) is 1.16. The Hall–Kier alpha value is -0.200. The molecular weight excluding hydrogens is 244 g/mol. The van der Waals surface area contributed by atoms with E-state index in [0.29, 0.717) is 6.54 Å². The van der Waals surface area contributed by atoms with Crippen LogP contribution in [0.5, 0.6) is 0 Å². The van der Waals surface area contributed by atoms with E-state index in [1.54, 1.807) is 0 Å². The van der Waals surface area contributed by atoms with Crippen molar-refractivity contribution in [2.75, 3.05) is 12.3 Å². The number of nitrogens with two attached hydrogens (primary N) is 1. The van der Waals surface area contributed by atoms with Gasteiger partial charge in [-0.1, -0.05) is 37.9 Å². The molecular formula is C10H20N2O2S2. The summed E-state index contributed by atoms with van der Waals surface area (Å²) in [6.07, 6.45) is 7.30. The van der Waals surface area contributed by atoms with E-state index in [-0.39, 0.29) is 10.7 Å². The maximum Gasteiger partial charge on any atom is 0.218 e. The van der Waals surface area contributed by atoms with Crippen molar-refractivity contribution in [1.29, 1.82) is 0 Å². The van der Waals surface area contributed by atoms with E-state index in [2.05, 4.69) is 16.9 Å². The van der Waals surface area contributed by atoms with Crippen LogP contribution in [-0.4, -0.2) is 25.7 Å². The molecule has 0 aromatic carbocycles. The third-order valence-electron chi connectivity index (χ3n) is 2.92. The zero-order valence-corrected chi connectivity index (χ0v) is 11.1. The third-order valence-corrected chi connectivity index (χ3v) is 4.58. The molecule has 0 amide bonds. The molecule has 0 bridgehead atoms. The van der Waals surface area contributed by atoms with Gasteiger partial charge in [-0.15, -0.1) is 0 Å². The zero-order valence-electron chi connectivity index (χ0n) is 9.44. The minimum atomic E-state index is -3.29. The molecule has 1 fully saturated rings. The number of nitrogens with one attached hydrogen (secondary N) is 1. The Morgan fingerprint density at radius 1 is 1.38 bits per heavy atom. The quantitative estimate of drug-likeness (QED) is 0.535. The molecule has 0 spiro atoms. The highest BCUT2D eigenvalue weighted by molar-refractivity contribution is 7.92. The average molecular weight is 264 g/mol. The van der Waals surface area contributed by atoms with Crippen LogP contribution in [0.4, 0.5) is 0 Å². The summed E-state index contributed by atoms with van der Waals surface area (Å²) in [6, 6.07) is 0. The Bertz CT molecular complexity index is 322. The van der Waals surface area contributed by atoms with Crippen LogP contribution in [0.25, 0.3) is 0 Å². The lowest BCUT2D eigenvalue weighted by atomic mass is 10.0. The lowest BCUT2D eigenvalue weighted by Gasteiger charge is -2.09. The molecule has 16 heavy (non-hydrogen) atoms. The summed E-state index contributed by atoms with van der Waals surface area (Å²) in [4.78, 5) is 0.0169. The van der Waals surface area contributed by atoms with Crippen molar-refractivity contribution in [1.82, 2.24) is 4.72 Å². The van der Waals surface area contributed by atoms with Gasteiger partial charge in [0, 0.05) is 6.54 Å². The zero-order chi connectivity index (χ0) is 12.0. The fourth-order valence-electron chi connectivity index (χ4n) is 2.16. The van der Waals surface area contributed by atoms with Gasteiger partial charge in [-0.2, -0.15) is 0 Å². The van der Waals surface area contributed by atoms with Gasteiger partial charge in [0.1, 0.15) is 5.75 Å². The van der Waals surface area contributed by atoms with Crippen LogP contribution in [0.3, 0.4) is 0 Å². The van der Waals surface area contributed by atoms with E-state index in [4.69, 9.17) is 5.73 Å². The number of sulfonamides is 1. The molecule has 4 nitrogen and oxygen atoms in total. The molecule has 0 atom stereocenters. The molecule has 6 heteroatoms. The molecule has 0 saturated heterocycles. The maximum absolute atomic E-state index is 11.4. The van der Waals surface area contributed by atoms with Gasteiger partial charge in [-0.3, -0.25) is 0 Å². The summed E-state index contributed by atoms with van der Waals surface area (Å²) in [5, 5.41) is 0. The highest BCUT2D eigenvalue weighted by Gasteiger charge is 2.15. The molecule has 3 N–H and O–H groups in total. The number of hydrogen-bond donors (Lipinski definition) is 2. The van der Waals surface area contributed by atoms with Gasteiger partial charge in [0.05, 0.1) is 4.99 Å². The van der Waals surface area contributed by atoms with Crippen molar-refractivity contribution in [3.8, 4) is 0 Å². The molecule has 1 saturated carbocycles. The standard InChI is InChI=1S/C10H20N2O2S2/c11-10(15)8-16(13,14)12-7-3-6-9-4-1-2-5-9/h9,12H,1-8H2,(H2,11,15). The lowest BCUT2D eigenvalue weighted by Crippen LogP contribution is -2.33. The Kier molecular flexibility index (Phi) is 5.64. The fourth-order valence-corrected chi connectivity index (χ4v) is 3.55. The molecule has 0 aliphatic heterocycles. The van der Waals surface area contributed by atoms with Crippen LogP contribution < -0.4 is 10.5 Å². The van der Waals surface area contributed by atoms with Gasteiger partial charge in [0.15, 0.2) is 0 Å². The lowest BCUT2D eigenvalue weighted by molar-refractivity contribution is 0.481. The van der Waals surface area contributed by atoms with Crippen molar-refractivity contribution in [2.24, 2.45) is 11.7 Å². The van der Waals surface area contributed by atoms with Crippen LogP contribution in [-0.2, 0) is 10.0 Å². The predicted molar refractivity (Wildman–Crippen MR) is 69.8 cm³/mol. The topological polar surface area (TPSA) is 72.2 Å². The Balaban J connectivity index is 2.12. The first-order valence-electron chi connectivity index (χ1n) is 5.75.